The smallest absolute Gasteiger partial charge is 0.371 e. The Morgan fingerprint density at radius 3 is 2.45 bits per heavy atom. The third-order valence-electron chi connectivity index (χ3n) is 5.99. The van der Waals surface area contributed by atoms with Crippen LogP contribution in [0.2, 0.25) is 0 Å². The second-order valence-corrected chi connectivity index (χ2v) is 11.5. The first-order chi connectivity index (χ1) is 15.7. The van der Waals surface area contributed by atoms with Gasteiger partial charge in [0.05, 0.1) is 19.0 Å². The zero-order valence-corrected chi connectivity index (χ0v) is 21.0. The summed E-state index contributed by atoms with van der Waals surface area (Å²) in [6.07, 6.45) is 1.62. The molecule has 0 aliphatic heterocycles. The van der Waals surface area contributed by atoms with Crippen molar-refractivity contribution in [1.29, 1.82) is 0 Å². The number of nitrogens with one attached hydrogen (secondary N) is 1. The van der Waals surface area contributed by atoms with Crippen LogP contribution in [0.25, 0.3) is 11.2 Å². The molecule has 0 bridgehead atoms. The lowest BCUT2D eigenvalue weighted by Gasteiger charge is -2.26. The standard InChI is InChI=1S/C13H22IN9O8P2/c1-19-10-9-11(22-12(14)21-10)23(5-20-9)7-2-8(27-33(25,30-17)31-18)13(3-6(7)13)4-26-32(24,28-15)29-16/h5-8H,2-4,15-18H2,1H3,(H,19,21,22)/t6-,7+,8+,13+/m1/s1. The topological polar surface area (TPSA) is 249 Å². The molecule has 0 radical (unpaired) electrons. The molecule has 4 atom stereocenters. The van der Waals surface area contributed by atoms with Crippen LogP contribution in [-0.4, -0.2) is 39.3 Å². The van der Waals surface area contributed by atoms with Crippen LogP contribution in [-0.2, 0) is 36.7 Å². The fourth-order valence-electron chi connectivity index (χ4n) is 4.39. The summed E-state index contributed by atoms with van der Waals surface area (Å²) in [4.78, 5) is 13.3. The van der Waals surface area contributed by atoms with E-state index in [1.807, 2.05) is 27.2 Å². The Kier molecular flexibility index (Phi) is 7.12. The molecule has 2 aliphatic carbocycles. The van der Waals surface area contributed by atoms with Gasteiger partial charge in [0.2, 0.25) is 0 Å². The number of halogens is 1. The van der Waals surface area contributed by atoms with Gasteiger partial charge in [0, 0.05) is 41.1 Å². The summed E-state index contributed by atoms with van der Waals surface area (Å²) in [5, 5.41) is 2.99. The van der Waals surface area contributed by atoms with Crippen molar-refractivity contribution < 1.29 is 36.7 Å². The van der Waals surface area contributed by atoms with Crippen LogP contribution < -0.4 is 28.9 Å². The summed E-state index contributed by atoms with van der Waals surface area (Å²) in [7, 11) is -6.75. The maximum Gasteiger partial charge on any atom is 0.507 e. The molecule has 0 amide bonds. The van der Waals surface area contributed by atoms with Crippen molar-refractivity contribution in [2.75, 3.05) is 19.0 Å². The first-order valence-corrected chi connectivity index (χ1v) is 13.3. The lowest BCUT2D eigenvalue weighted by atomic mass is 10.0. The van der Waals surface area contributed by atoms with E-state index in [1.165, 1.54) is 0 Å². The van der Waals surface area contributed by atoms with Gasteiger partial charge < -0.3 is 9.88 Å². The fraction of sp³-hybridized carbons (Fsp3) is 0.615. The third-order valence-corrected chi connectivity index (χ3v) is 8.47. The first-order valence-electron chi connectivity index (χ1n) is 9.33. The quantitative estimate of drug-likeness (QED) is 0.0997. The molecule has 2 aromatic rings. The van der Waals surface area contributed by atoms with Crippen molar-refractivity contribution in [3.63, 3.8) is 0 Å². The summed E-state index contributed by atoms with van der Waals surface area (Å²) in [6.45, 7) is -0.222. The van der Waals surface area contributed by atoms with Gasteiger partial charge in [-0.25, -0.2) is 47.7 Å². The second-order valence-electron chi connectivity index (χ2n) is 7.45. The van der Waals surface area contributed by atoms with Gasteiger partial charge in [0.25, 0.3) is 0 Å². The van der Waals surface area contributed by atoms with Crippen molar-refractivity contribution in [3.05, 3.63) is 10.2 Å². The highest BCUT2D eigenvalue weighted by atomic mass is 127. The number of anilines is 1. The Bertz CT molecular complexity index is 1120. The van der Waals surface area contributed by atoms with E-state index in [9.17, 15) is 9.13 Å². The summed E-state index contributed by atoms with van der Waals surface area (Å²) in [5.41, 5.74) is 0.344. The number of fused-ring (bicyclic) bond motifs is 2. The molecule has 2 fully saturated rings. The molecule has 0 aromatic carbocycles. The Morgan fingerprint density at radius 1 is 1.18 bits per heavy atom. The summed E-state index contributed by atoms with van der Waals surface area (Å²) < 4.78 is 55.1. The van der Waals surface area contributed by atoms with Gasteiger partial charge in [-0.05, 0) is 18.8 Å². The van der Waals surface area contributed by atoms with Gasteiger partial charge in [-0.15, -0.1) is 0 Å². The minimum Gasteiger partial charge on any atom is -0.371 e. The van der Waals surface area contributed by atoms with E-state index < -0.39 is 27.2 Å². The van der Waals surface area contributed by atoms with Crippen LogP contribution in [0.4, 0.5) is 5.82 Å². The molecule has 2 heterocycles. The Hall–Kier alpha value is -0.860. The SMILES string of the molecule is CNc1nc(I)nc2c1ncn2[C@H]1C[C@H](OP(=O)(ON)ON)[C@]2(COP(=O)(ON)ON)C[C@H]12. The molecule has 4 rings (SSSR count). The molecule has 0 spiro atoms. The molecule has 2 aromatic heterocycles. The molecular formula is C13H22IN9O8P2. The number of phosphoric acid groups is 2. The number of rotatable bonds is 11. The first kappa shape index (κ1) is 25.2. The minimum absolute atomic E-state index is 0.112. The average Bonchev–Trinajstić information content (AvgIpc) is 3.30. The van der Waals surface area contributed by atoms with Gasteiger partial charge in [-0.2, -0.15) is 18.5 Å². The second kappa shape index (κ2) is 9.30. The summed E-state index contributed by atoms with van der Waals surface area (Å²) >= 11 is 2.01. The predicted octanol–water partition coefficient (Wildman–Crippen LogP) is 0.603. The molecule has 20 heteroatoms. The maximum atomic E-state index is 12.5. The van der Waals surface area contributed by atoms with E-state index >= 15 is 0 Å². The van der Waals surface area contributed by atoms with Crippen LogP contribution in [0.15, 0.2) is 6.33 Å². The van der Waals surface area contributed by atoms with E-state index in [0.29, 0.717) is 33.7 Å². The van der Waals surface area contributed by atoms with E-state index in [2.05, 4.69) is 38.8 Å². The molecule has 0 unspecified atom stereocenters. The largest absolute Gasteiger partial charge is 0.507 e. The molecule has 9 N–H and O–H groups in total. The van der Waals surface area contributed by atoms with Crippen molar-refractivity contribution in [2.24, 2.45) is 34.9 Å². The fourth-order valence-corrected chi connectivity index (χ4v) is 6.19. The van der Waals surface area contributed by atoms with E-state index in [-0.39, 0.29) is 18.6 Å². The van der Waals surface area contributed by atoms with E-state index in [1.54, 1.807) is 13.4 Å². The van der Waals surface area contributed by atoms with E-state index in [0.717, 1.165) is 0 Å². The van der Waals surface area contributed by atoms with Crippen molar-refractivity contribution in [3.8, 4) is 0 Å². The minimum atomic E-state index is -4.28. The zero-order chi connectivity index (χ0) is 24.0. The van der Waals surface area contributed by atoms with Crippen LogP contribution in [0, 0.1) is 15.2 Å². The number of nitrogens with two attached hydrogens (primary N) is 4. The highest BCUT2D eigenvalue weighted by Crippen LogP contribution is 2.72. The van der Waals surface area contributed by atoms with Gasteiger partial charge in [0.1, 0.15) is 0 Å². The summed E-state index contributed by atoms with van der Waals surface area (Å²) in [6, 6.07) is -0.236. The molecular weight excluding hydrogens is 599 g/mol. The van der Waals surface area contributed by atoms with Crippen molar-refractivity contribution in [1.82, 2.24) is 19.5 Å². The third kappa shape index (κ3) is 4.44. The molecule has 2 saturated carbocycles. The summed E-state index contributed by atoms with van der Waals surface area (Å²) in [5.74, 6) is 20.5. The van der Waals surface area contributed by atoms with Gasteiger partial charge in [-0.3, -0.25) is 9.05 Å². The monoisotopic (exact) mass is 621 g/mol. The molecule has 33 heavy (non-hydrogen) atoms. The number of aromatic nitrogens is 4. The van der Waals surface area contributed by atoms with Crippen molar-refractivity contribution >= 4 is 55.2 Å². The molecule has 17 nitrogen and oxygen atoms in total. The highest BCUT2D eigenvalue weighted by Gasteiger charge is 2.70. The number of hydrogen-bond donors (Lipinski definition) is 5. The average molecular weight is 621 g/mol. The lowest BCUT2D eigenvalue weighted by molar-refractivity contribution is 0.0207. The van der Waals surface area contributed by atoms with Crippen LogP contribution in [0.5, 0.6) is 0 Å². The predicted molar refractivity (Wildman–Crippen MR) is 119 cm³/mol. The normalized spacial score (nSPS) is 27.2. The van der Waals surface area contributed by atoms with Crippen molar-refractivity contribution in [2.45, 2.75) is 25.0 Å². The van der Waals surface area contributed by atoms with Crippen LogP contribution in [0.3, 0.4) is 0 Å². The molecule has 0 saturated heterocycles. The van der Waals surface area contributed by atoms with E-state index in [4.69, 9.17) is 32.6 Å². The highest BCUT2D eigenvalue weighted by molar-refractivity contribution is 14.1. The Labute approximate surface area is 200 Å². The molecule has 2 aliphatic rings. The van der Waals surface area contributed by atoms with Gasteiger partial charge >= 0.3 is 15.6 Å². The van der Waals surface area contributed by atoms with Gasteiger partial charge in [0.15, 0.2) is 20.8 Å². The Morgan fingerprint density at radius 2 is 1.85 bits per heavy atom. The number of hydrogen-bond acceptors (Lipinski definition) is 16. The lowest BCUT2D eigenvalue weighted by Crippen LogP contribution is -2.28. The maximum absolute atomic E-state index is 12.5. The van der Waals surface area contributed by atoms with Crippen LogP contribution in [0.1, 0.15) is 18.9 Å². The van der Waals surface area contributed by atoms with Crippen LogP contribution >= 0.6 is 38.2 Å². The zero-order valence-electron chi connectivity index (χ0n) is 17.1. The number of imidazole rings is 1. The molecule has 184 valence electrons. The number of nitrogens with zero attached hydrogens (tertiary/aromatic N) is 4. The van der Waals surface area contributed by atoms with Gasteiger partial charge in [-0.1, -0.05) is 0 Å². The Balaban J connectivity index is 1.69.